The highest BCUT2D eigenvalue weighted by atomic mass is 15.0. The molecule has 3 saturated carbocycles. The minimum absolute atomic E-state index is 0.757. The summed E-state index contributed by atoms with van der Waals surface area (Å²) in [6.45, 7) is 3.76. The van der Waals surface area contributed by atoms with Gasteiger partial charge in [-0.25, -0.2) is 0 Å². The van der Waals surface area contributed by atoms with Gasteiger partial charge in [-0.1, -0.05) is 19.3 Å². The van der Waals surface area contributed by atoms with Crippen LogP contribution >= 0.6 is 0 Å². The highest BCUT2D eigenvalue weighted by Gasteiger charge is 2.43. The van der Waals surface area contributed by atoms with Crippen LogP contribution in [0.3, 0.4) is 0 Å². The van der Waals surface area contributed by atoms with Crippen LogP contribution < -0.4 is 10.6 Å². The first-order chi connectivity index (χ1) is 10.3. The molecule has 4 aliphatic rings. The van der Waals surface area contributed by atoms with Gasteiger partial charge in [0.25, 0.3) is 0 Å². The minimum atomic E-state index is 0.757. The number of rotatable bonds is 4. The molecule has 4 fully saturated rings. The fourth-order valence-electron chi connectivity index (χ4n) is 6.29. The molecule has 2 heteroatoms. The molecule has 7 unspecified atom stereocenters. The second-order valence-electron chi connectivity index (χ2n) is 8.55. The second-order valence-corrected chi connectivity index (χ2v) is 8.55. The smallest absolute Gasteiger partial charge is 0.0113 e. The maximum atomic E-state index is 4.13. The van der Waals surface area contributed by atoms with E-state index < -0.39 is 0 Å². The van der Waals surface area contributed by atoms with Gasteiger partial charge in [0.1, 0.15) is 0 Å². The summed E-state index contributed by atoms with van der Waals surface area (Å²) >= 11 is 0. The Bertz CT molecular complexity index is 349. The van der Waals surface area contributed by atoms with Gasteiger partial charge < -0.3 is 10.6 Å². The van der Waals surface area contributed by atoms with Crippen molar-refractivity contribution in [2.75, 3.05) is 6.54 Å². The lowest BCUT2D eigenvalue weighted by atomic mass is 9.77. The van der Waals surface area contributed by atoms with E-state index in [4.69, 9.17) is 0 Å². The average Bonchev–Trinajstić information content (AvgIpc) is 3.25. The first-order valence-electron chi connectivity index (χ1n) is 9.80. The summed E-state index contributed by atoms with van der Waals surface area (Å²) in [4.78, 5) is 0. The molecule has 1 heterocycles. The molecular weight excluding hydrogens is 256 g/mol. The van der Waals surface area contributed by atoms with Crippen LogP contribution in [0.5, 0.6) is 0 Å². The van der Waals surface area contributed by atoms with E-state index in [1.54, 1.807) is 6.42 Å². The highest BCUT2D eigenvalue weighted by Crippen LogP contribution is 2.49. The summed E-state index contributed by atoms with van der Waals surface area (Å²) in [6.07, 6.45) is 14.8. The van der Waals surface area contributed by atoms with Gasteiger partial charge in [-0.2, -0.15) is 0 Å². The Morgan fingerprint density at radius 1 is 0.952 bits per heavy atom. The van der Waals surface area contributed by atoms with E-state index >= 15 is 0 Å². The van der Waals surface area contributed by atoms with Gasteiger partial charge in [0, 0.05) is 18.1 Å². The SMILES string of the molecule is CC(NC1CCCCC1C1CCCN1)C1CC2CCC1C2. The zero-order chi connectivity index (χ0) is 14.2. The largest absolute Gasteiger partial charge is 0.314 e. The summed E-state index contributed by atoms with van der Waals surface area (Å²) in [5, 5.41) is 7.92. The topological polar surface area (TPSA) is 24.1 Å². The van der Waals surface area contributed by atoms with Crippen LogP contribution in [0, 0.1) is 23.7 Å². The molecule has 4 rings (SSSR count). The van der Waals surface area contributed by atoms with Crippen molar-refractivity contribution in [3.8, 4) is 0 Å². The molecule has 0 spiro atoms. The molecule has 2 N–H and O–H groups in total. The van der Waals surface area contributed by atoms with Crippen molar-refractivity contribution in [1.29, 1.82) is 0 Å². The number of nitrogens with one attached hydrogen (secondary N) is 2. The molecule has 1 aliphatic heterocycles. The Morgan fingerprint density at radius 2 is 1.86 bits per heavy atom. The van der Waals surface area contributed by atoms with Crippen LogP contribution in [0.4, 0.5) is 0 Å². The van der Waals surface area contributed by atoms with Crippen LogP contribution in [0.25, 0.3) is 0 Å². The molecule has 1 saturated heterocycles. The Morgan fingerprint density at radius 3 is 2.57 bits per heavy atom. The molecule has 0 aromatic carbocycles. The van der Waals surface area contributed by atoms with Gasteiger partial charge in [0.15, 0.2) is 0 Å². The van der Waals surface area contributed by atoms with Gasteiger partial charge >= 0.3 is 0 Å². The van der Waals surface area contributed by atoms with E-state index in [2.05, 4.69) is 17.6 Å². The van der Waals surface area contributed by atoms with Crippen molar-refractivity contribution in [2.45, 2.75) is 89.3 Å². The Balaban J connectivity index is 1.37. The highest BCUT2D eigenvalue weighted by molar-refractivity contribution is 4.97. The van der Waals surface area contributed by atoms with E-state index in [1.807, 2.05) is 0 Å². The van der Waals surface area contributed by atoms with E-state index in [9.17, 15) is 0 Å². The Kier molecular flexibility index (Phi) is 4.28. The first kappa shape index (κ1) is 14.5. The number of hydrogen-bond donors (Lipinski definition) is 2. The summed E-state index contributed by atoms with van der Waals surface area (Å²) in [6, 6.07) is 2.37. The lowest BCUT2D eigenvalue weighted by Crippen LogP contribution is -2.51. The van der Waals surface area contributed by atoms with Crippen molar-refractivity contribution < 1.29 is 0 Å². The van der Waals surface area contributed by atoms with E-state index in [0.717, 1.165) is 41.8 Å². The van der Waals surface area contributed by atoms with Crippen LogP contribution in [0.1, 0.15) is 71.1 Å². The van der Waals surface area contributed by atoms with Crippen LogP contribution in [-0.2, 0) is 0 Å². The molecule has 2 bridgehead atoms. The van der Waals surface area contributed by atoms with E-state index in [0.29, 0.717) is 0 Å². The van der Waals surface area contributed by atoms with Gasteiger partial charge in [0.05, 0.1) is 0 Å². The lowest BCUT2D eigenvalue weighted by molar-refractivity contribution is 0.169. The number of fused-ring (bicyclic) bond motifs is 2. The molecule has 0 aromatic rings. The van der Waals surface area contributed by atoms with Crippen LogP contribution in [0.2, 0.25) is 0 Å². The minimum Gasteiger partial charge on any atom is -0.314 e. The van der Waals surface area contributed by atoms with Crippen LogP contribution in [0.15, 0.2) is 0 Å². The fraction of sp³-hybridized carbons (Fsp3) is 1.00. The van der Waals surface area contributed by atoms with Crippen molar-refractivity contribution in [3.63, 3.8) is 0 Å². The van der Waals surface area contributed by atoms with Crippen LogP contribution in [-0.4, -0.2) is 24.7 Å². The molecule has 7 atom stereocenters. The van der Waals surface area contributed by atoms with Crippen molar-refractivity contribution in [3.05, 3.63) is 0 Å². The molecule has 0 radical (unpaired) electrons. The monoisotopic (exact) mass is 290 g/mol. The predicted octanol–water partition coefficient (Wildman–Crippen LogP) is 3.71. The molecule has 3 aliphatic carbocycles. The van der Waals surface area contributed by atoms with Gasteiger partial charge in [-0.3, -0.25) is 0 Å². The lowest BCUT2D eigenvalue weighted by Gasteiger charge is -2.40. The third-order valence-electron chi connectivity index (χ3n) is 7.35. The zero-order valence-corrected chi connectivity index (χ0v) is 13.8. The third kappa shape index (κ3) is 2.91. The van der Waals surface area contributed by atoms with Gasteiger partial charge in [-0.15, -0.1) is 0 Å². The molecule has 0 aromatic heterocycles. The van der Waals surface area contributed by atoms with E-state index in [1.165, 1.54) is 64.3 Å². The second kappa shape index (κ2) is 6.20. The fourth-order valence-corrected chi connectivity index (χ4v) is 6.29. The van der Waals surface area contributed by atoms with Crippen molar-refractivity contribution in [2.24, 2.45) is 23.7 Å². The number of hydrogen-bond acceptors (Lipinski definition) is 2. The summed E-state index contributed by atoms with van der Waals surface area (Å²) in [7, 11) is 0. The summed E-state index contributed by atoms with van der Waals surface area (Å²) in [5.41, 5.74) is 0. The standard InChI is InChI=1S/C19H34N2/c1-13(17-12-14-8-9-15(17)11-14)21-19-6-3-2-5-16(19)18-7-4-10-20-18/h13-21H,2-12H2,1H3. The quantitative estimate of drug-likeness (QED) is 0.825. The van der Waals surface area contributed by atoms with Crippen molar-refractivity contribution in [1.82, 2.24) is 10.6 Å². The summed E-state index contributed by atoms with van der Waals surface area (Å²) < 4.78 is 0. The molecule has 0 amide bonds. The third-order valence-corrected chi connectivity index (χ3v) is 7.35. The molecule has 21 heavy (non-hydrogen) atoms. The maximum Gasteiger partial charge on any atom is 0.0113 e. The van der Waals surface area contributed by atoms with Gasteiger partial charge in [0.2, 0.25) is 0 Å². The average molecular weight is 290 g/mol. The summed E-state index contributed by atoms with van der Waals surface area (Å²) in [5.74, 6) is 4.04. The normalized spacial score (nSPS) is 47.9. The Hall–Kier alpha value is -0.0800. The van der Waals surface area contributed by atoms with Crippen molar-refractivity contribution >= 4 is 0 Å². The maximum absolute atomic E-state index is 4.13. The molecule has 2 nitrogen and oxygen atoms in total. The predicted molar refractivity (Wildman–Crippen MR) is 88.3 cm³/mol. The first-order valence-corrected chi connectivity index (χ1v) is 9.80. The molecular formula is C19H34N2. The molecule has 120 valence electrons. The zero-order valence-electron chi connectivity index (χ0n) is 13.8. The Labute approximate surface area is 130 Å². The van der Waals surface area contributed by atoms with Gasteiger partial charge in [-0.05, 0) is 82.1 Å². The van der Waals surface area contributed by atoms with E-state index in [-0.39, 0.29) is 0 Å².